The molecule has 0 bridgehead atoms. The van der Waals surface area contributed by atoms with Gasteiger partial charge in [0, 0.05) is 24.5 Å². The number of ether oxygens (including phenoxy) is 1. The Kier molecular flexibility index (Phi) is 5.29. The van der Waals surface area contributed by atoms with E-state index in [0.29, 0.717) is 37.5 Å². The second kappa shape index (κ2) is 7.61. The topological polar surface area (TPSA) is 78.9 Å². The molecule has 1 saturated carbocycles. The van der Waals surface area contributed by atoms with Crippen LogP contribution in [0.5, 0.6) is 0 Å². The number of nitrogens with zero attached hydrogens (tertiary/aromatic N) is 2. The molecular weight excluding hydrogens is 394 g/mol. The summed E-state index contributed by atoms with van der Waals surface area (Å²) in [6.07, 6.45) is 2.08. The second-order valence-corrected chi connectivity index (χ2v) is 8.79. The monoisotopic (exact) mass is 419 g/mol. The number of halogens is 1. The third-order valence-corrected chi connectivity index (χ3v) is 6.83. The van der Waals surface area contributed by atoms with Crippen LogP contribution >= 0.6 is 11.6 Å². The van der Waals surface area contributed by atoms with Crippen molar-refractivity contribution in [3.05, 3.63) is 34.3 Å². The summed E-state index contributed by atoms with van der Waals surface area (Å²) in [4.78, 5) is 40.3. The fraction of sp³-hybridized carbons (Fsp3) is 0.571. The minimum Gasteiger partial charge on any atom is -0.445 e. The average Bonchev–Trinajstić information content (AvgIpc) is 3.01. The van der Waals surface area contributed by atoms with E-state index in [1.165, 1.54) is 0 Å². The van der Waals surface area contributed by atoms with Crippen molar-refractivity contribution in [1.82, 2.24) is 15.1 Å². The van der Waals surface area contributed by atoms with Gasteiger partial charge in [0.15, 0.2) is 0 Å². The standard InChI is InChI=1S/C21H26ClN3O4/c1-3-14-8-21(14,12-26)23-19(27)18-7-15(10-24(18)2)29-20(28)25-9-13-5-4-6-17(22)16(13)11-25/h4-6,12,14-15,18H,3,7-11H2,1-2H3,(H,23,27)/t14-,15-,18+,21+/m1/s1. The van der Waals surface area contributed by atoms with Crippen molar-refractivity contribution < 1.29 is 19.1 Å². The predicted molar refractivity (Wildman–Crippen MR) is 107 cm³/mol. The van der Waals surface area contributed by atoms with Gasteiger partial charge in [0.05, 0.1) is 18.1 Å². The highest BCUT2D eigenvalue weighted by molar-refractivity contribution is 6.31. The first kappa shape index (κ1) is 20.2. The maximum atomic E-state index is 12.7. The van der Waals surface area contributed by atoms with E-state index in [0.717, 1.165) is 23.8 Å². The molecule has 8 heteroatoms. The summed E-state index contributed by atoms with van der Waals surface area (Å²) < 4.78 is 5.68. The summed E-state index contributed by atoms with van der Waals surface area (Å²) in [6.45, 7) is 3.40. The zero-order valence-electron chi connectivity index (χ0n) is 16.7. The van der Waals surface area contributed by atoms with E-state index in [1.807, 2.05) is 37.1 Å². The number of fused-ring (bicyclic) bond motifs is 1. The summed E-state index contributed by atoms with van der Waals surface area (Å²) in [5, 5.41) is 3.58. The van der Waals surface area contributed by atoms with Crippen LogP contribution in [-0.4, -0.2) is 59.4 Å². The summed E-state index contributed by atoms with van der Waals surface area (Å²) in [7, 11) is 1.83. The van der Waals surface area contributed by atoms with E-state index in [2.05, 4.69) is 5.32 Å². The molecule has 2 aliphatic heterocycles. The van der Waals surface area contributed by atoms with Gasteiger partial charge in [0.25, 0.3) is 0 Å². The maximum Gasteiger partial charge on any atom is 0.410 e. The Morgan fingerprint density at radius 1 is 1.38 bits per heavy atom. The zero-order valence-corrected chi connectivity index (χ0v) is 17.4. The van der Waals surface area contributed by atoms with Crippen molar-refractivity contribution in [1.29, 1.82) is 0 Å². The highest BCUT2D eigenvalue weighted by Gasteiger charge is 2.55. The van der Waals surface area contributed by atoms with Crippen LogP contribution in [0.15, 0.2) is 18.2 Å². The van der Waals surface area contributed by atoms with Gasteiger partial charge in [-0.15, -0.1) is 0 Å². The fourth-order valence-electron chi connectivity index (χ4n) is 4.57. The number of hydrogen-bond acceptors (Lipinski definition) is 5. The van der Waals surface area contributed by atoms with Gasteiger partial charge in [-0.25, -0.2) is 4.79 Å². The van der Waals surface area contributed by atoms with Crippen molar-refractivity contribution in [2.75, 3.05) is 13.6 Å². The van der Waals surface area contributed by atoms with Crippen molar-refractivity contribution in [3.8, 4) is 0 Å². The van der Waals surface area contributed by atoms with Crippen LogP contribution in [0, 0.1) is 5.92 Å². The van der Waals surface area contributed by atoms with Crippen LogP contribution in [-0.2, 0) is 27.4 Å². The largest absolute Gasteiger partial charge is 0.445 e. The van der Waals surface area contributed by atoms with Gasteiger partial charge in [-0.1, -0.05) is 37.1 Å². The molecule has 2 fully saturated rings. The number of carbonyl (C=O) groups excluding carboxylic acids is 3. The maximum absolute atomic E-state index is 12.7. The highest BCUT2D eigenvalue weighted by Crippen LogP contribution is 2.44. The Labute approximate surface area is 175 Å². The number of benzene rings is 1. The van der Waals surface area contributed by atoms with Crippen molar-refractivity contribution in [3.63, 3.8) is 0 Å². The van der Waals surface area contributed by atoms with E-state index in [1.54, 1.807) is 4.90 Å². The van der Waals surface area contributed by atoms with E-state index in [9.17, 15) is 14.4 Å². The van der Waals surface area contributed by atoms with Gasteiger partial charge in [-0.3, -0.25) is 14.6 Å². The number of hydrogen-bond donors (Lipinski definition) is 1. The van der Waals surface area contributed by atoms with Crippen LogP contribution in [0.25, 0.3) is 0 Å². The Bertz CT molecular complexity index is 847. The smallest absolute Gasteiger partial charge is 0.410 e. The number of amides is 2. The van der Waals surface area contributed by atoms with E-state index < -0.39 is 17.7 Å². The lowest BCUT2D eigenvalue weighted by Crippen LogP contribution is -2.48. The fourth-order valence-corrected chi connectivity index (χ4v) is 4.82. The molecule has 0 radical (unpaired) electrons. The molecule has 1 aromatic carbocycles. The van der Waals surface area contributed by atoms with Gasteiger partial charge in [-0.05, 0) is 36.6 Å². The van der Waals surface area contributed by atoms with Crippen molar-refractivity contribution >= 4 is 29.9 Å². The van der Waals surface area contributed by atoms with E-state index in [4.69, 9.17) is 16.3 Å². The molecule has 2 heterocycles. The minimum absolute atomic E-state index is 0.172. The summed E-state index contributed by atoms with van der Waals surface area (Å²) >= 11 is 6.22. The molecule has 7 nitrogen and oxygen atoms in total. The van der Waals surface area contributed by atoms with Crippen LogP contribution in [0.1, 0.15) is 37.3 Å². The third-order valence-electron chi connectivity index (χ3n) is 6.48. The lowest BCUT2D eigenvalue weighted by atomic mass is 10.1. The molecule has 29 heavy (non-hydrogen) atoms. The first-order valence-electron chi connectivity index (χ1n) is 10.1. The van der Waals surface area contributed by atoms with Crippen LogP contribution < -0.4 is 5.32 Å². The SMILES string of the molecule is CC[C@@H]1C[C@@]1(C=O)NC(=O)[C@@H]1C[C@@H](OC(=O)N2Cc3cccc(Cl)c3C2)CN1C. The molecule has 1 aromatic rings. The zero-order chi connectivity index (χ0) is 20.8. The van der Waals surface area contributed by atoms with E-state index in [-0.39, 0.29) is 17.9 Å². The number of likely N-dealkylation sites (N-methyl/N-ethyl adjacent to an activating group) is 1. The normalized spacial score (nSPS) is 30.7. The highest BCUT2D eigenvalue weighted by atomic mass is 35.5. The quantitative estimate of drug-likeness (QED) is 0.741. The van der Waals surface area contributed by atoms with Crippen LogP contribution in [0.3, 0.4) is 0 Å². The minimum atomic E-state index is -0.706. The molecule has 1 N–H and O–H groups in total. The van der Waals surface area contributed by atoms with Gasteiger partial charge in [-0.2, -0.15) is 0 Å². The summed E-state index contributed by atoms with van der Waals surface area (Å²) in [6, 6.07) is 5.25. The molecule has 0 unspecified atom stereocenters. The third kappa shape index (κ3) is 3.73. The predicted octanol–water partition coefficient (Wildman–Crippen LogP) is 2.35. The van der Waals surface area contributed by atoms with Gasteiger partial charge in [0.1, 0.15) is 12.4 Å². The lowest BCUT2D eigenvalue weighted by molar-refractivity contribution is -0.128. The molecule has 4 rings (SSSR count). The van der Waals surface area contributed by atoms with Gasteiger partial charge >= 0.3 is 6.09 Å². The Balaban J connectivity index is 1.32. The molecule has 1 saturated heterocycles. The Morgan fingerprint density at radius 2 is 2.17 bits per heavy atom. The average molecular weight is 420 g/mol. The molecule has 156 valence electrons. The van der Waals surface area contributed by atoms with Gasteiger partial charge < -0.3 is 14.8 Å². The number of rotatable bonds is 5. The van der Waals surface area contributed by atoms with Crippen molar-refractivity contribution in [2.24, 2.45) is 5.92 Å². The summed E-state index contributed by atoms with van der Waals surface area (Å²) in [5.41, 5.74) is 1.28. The molecule has 0 spiro atoms. The lowest BCUT2D eigenvalue weighted by Gasteiger charge is -2.21. The second-order valence-electron chi connectivity index (χ2n) is 8.39. The first-order chi connectivity index (χ1) is 13.9. The number of aldehydes is 1. The van der Waals surface area contributed by atoms with Gasteiger partial charge in [0.2, 0.25) is 5.91 Å². The van der Waals surface area contributed by atoms with Crippen molar-refractivity contribution in [2.45, 2.75) is 57.0 Å². The first-order valence-corrected chi connectivity index (χ1v) is 10.4. The number of carbonyl (C=O) groups is 3. The van der Waals surface area contributed by atoms with E-state index >= 15 is 0 Å². The summed E-state index contributed by atoms with van der Waals surface area (Å²) in [5.74, 6) is 0.0439. The Morgan fingerprint density at radius 3 is 2.83 bits per heavy atom. The molecule has 3 aliphatic rings. The number of likely N-dealkylation sites (tertiary alicyclic amines) is 1. The molecule has 2 amide bonds. The molecule has 4 atom stereocenters. The number of nitrogens with one attached hydrogen (secondary N) is 1. The Hall–Kier alpha value is -2.12. The van der Waals surface area contributed by atoms with Crippen LogP contribution in [0.4, 0.5) is 4.79 Å². The molecule has 1 aliphatic carbocycles. The van der Waals surface area contributed by atoms with Crippen LogP contribution in [0.2, 0.25) is 5.02 Å². The molecular formula is C21H26ClN3O4. The molecule has 0 aromatic heterocycles.